The number of ketones is 1. The minimum absolute atomic E-state index is 0.0745. The number of carbonyl (C=O) groups excluding carboxylic acids is 5. The maximum absolute atomic E-state index is 13.8. The third kappa shape index (κ3) is 9.19. The molecule has 1 fully saturated rings. The van der Waals surface area contributed by atoms with Crippen molar-refractivity contribution in [1.29, 1.82) is 0 Å². The number of amides is 4. The van der Waals surface area contributed by atoms with Crippen LogP contribution in [0.5, 0.6) is 0 Å². The molecule has 9 nitrogen and oxygen atoms in total. The molecule has 0 spiro atoms. The highest BCUT2D eigenvalue weighted by Crippen LogP contribution is 2.17. The first-order valence-corrected chi connectivity index (χ1v) is 14.2. The fourth-order valence-corrected chi connectivity index (χ4v) is 4.78. The number of Topliss-reactive ketones (excluding diaryl/α,β-unsaturated/α-hetero) is 1. The fourth-order valence-electron chi connectivity index (χ4n) is 4.78. The van der Waals surface area contributed by atoms with Gasteiger partial charge in [-0.05, 0) is 55.5 Å². The SMILES string of the molecule is CC(C)[C@H](NC(=O)[C@H](C)NC(=O)C(Cc1ccc(F)c(F)c1)NC(=O)c1ccccc1)C(=O)C(=O)NC1CCCCC1. The van der Waals surface area contributed by atoms with Crippen LogP contribution in [0.25, 0.3) is 0 Å². The van der Waals surface area contributed by atoms with E-state index in [2.05, 4.69) is 21.3 Å². The van der Waals surface area contributed by atoms with Gasteiger partial charge in [0.15, 0.2) is 11.6 Å². The predicted octanol–water partition coefficient (Wildman–Crippen LogP) is 2.97. The second-order valence-corrected chi connectivity index (χ2v) is 11.0. The summed E-state index contributed by atoms with van der Waals surface area (Å²) < 4.78 is 27.3. The Labute approximate surface area is 244 Å². The number of rotatable bonds is 12. The zero-order valence-corrected chi connectivity index (χ0v) is 24.0. The number of hydrogen-bond acceptors (Lipinski definition) is 5. The lowest BCUT2D eigenvalue weighted by Crippen LogP contribution is -2.57. The number of carbonyl (C=O) groups is 5. The van der Waals surface area contributed by atoms with E-state index in [0.29, 0.717) is 0 Å². The van der Waals surface area contributed by atoms with Crippen molar-refractivity contribution in [2.75, 3.05) is 0 Å². The van der Waals surface area contributed by atoms with Crippen LogP contribution in [0.2, 0.25) is 0 Å². The molecule has 0 aliphatic heterocycles. The Hall–Kier alpha value is -4.15. The van der Waals surface area contributed by atoms with Gasteiger partial charge in [0.25, 0.3) is 11.8 Å². The molecule has 0 aromatic heterocycles. The van der Waals surface area contributed by atoms with Gasteiger partial charge < -0.3 is 21.3 Å². The second kappa shape index (κ2) is 15.2. The first-order valence-electron chi connectivity index (χ1n) is 14.2. The van der Waals surface area contributed by atoms with Crippen LogP contribution < -0.4 is 21.3 Å². The summed E-state index contributed by atoms with van der Waals surface area (Å²) in [6.45, 7) is 4.78. The molecule has 3 rings (SSSR count). The Morgan fingerprint density at radius 2 is 1.48 bits per heavy atom. The van der Waals surface area contributed by atoms with Crippen molar-refractivity contribution >= 4 is 29.4 Å². The highest BCUT2D eigenvalue weighted by atomic mass is 19.2. The van der Waals surface area contributed by atoms with E-state index >= 15 is 0 Å². The van der Waals surface area contributed by atoms with Gasteiger partial charge in [-0.25, -0.2) is 8.78 Å². The van der Waals surface area contributed by atoms with E-state index in [0.717, 1.165) is 44.2 Å². The molecule has 42 heavy (non-hydrogen) atoms. The van der Waals surface area contributed by atoms with Crippen molar-refractivity contribution in [2.24, 2.45) is 5.92 Å². The summed E-state index contributed by atoms with van der Waals surface area (Å²) in [4.78, 5) is 64.7. The van der Waals surface area contributed by atoms with Gasteiger partial charge in [-0.3, -0.25) is 24.0 Å². The number of benzene rings is 2. The quantitative estimate of drug-likeness (QED) is 0.285. The van der Waals surface area contributed by atoms with Gasteiger partial charge in [-0.1, -0.05) is 57.4 Å². The fraction of sp³-hybridized carbons (Fsp3) is 0.452. The lowest BCUT2D eigenvalue weighted by Gasteiger charge is -2.26. The third-order valence-corrected chi connectivity index (χ3v) is 7.24. The molecule has 4 amide bonds. The molecule has 2 aromatic carbocycles. The van der Waals surface area contributed by atoms with Crippen molar-refractivity contribution < 1.29 is 32.8 Å². The molecule has 0 radical (unpaired) electrons. The van der Waals surface area contributed by atoms with Crippen molar-refractivity contribution in [1.82, 2.24) is 21.3 Å². The maximum atomic E-state index is 13.8. The van der Waals surface area contributed by atoms with Crippen LogP contribution >= 0.6 is 0 Å². The number of halogens is 2. The van der Waals surface area contributed by atoms with E-state index in [1.165, 1.54) is 13.0 Å². The van der Waals surface area contributed by atoms with Crippen molar-refractivity contribution in [3.63, 3.8) is 0 Å². The molecular formula is C31H38F2N4O5. The van der Waals surface area contributed by atoms with Crippen LogP contribution in [0.1, 0.15) is 68.8 Å². The topological polar surface area (TPSA) is 133 Å². The standard InChI is InChI=1S/C31H38F2N4O5/c1-18(2)26(27(38)31(42)35-22-12-8-5-9-13-22)37-28(39)19(3)34-30(41)25(17-20-14-15-23(32)24(33)16-20)36-29(40)21-10-6-4-7-11-21/h4,6-7,10-11,14-16,18-19,22,25-26H,5,8-9,12-13,17H2,1-3H3,(H,34,41)(H,35,42)(H,36,40)(H,37,39)/t19-,25?,26-/m0/s1. The largest absolute Gasteiger partial charge is 0.347 e. The lowest BCUT2D eigenvalue weighted by atomic mass is 9.94. The Bertz CT molecular complexity index is 1280. The zero-order valence-electron chi connectivity index (χ0n) is 24.0. The second-order valence-electron chi connectivity index (χ2n) is 11.0. The molecule has 1 unspecified atom stereocenters. The van der Waals surface area contributed by atoms with Crippen LogP contribution in [0.4, 0.5) is 8.78 Å². The van der Waals surface area contributed by atoms with Crippen LogP contribution in [-0.2, 0) is 25.6 Å². The van der Waals surface area contributed by atoms with Gasteiger partial charge in [0.05, 0.1) is 6.04 Å². The van der Waals surface area contributed by atoms with Crippen LogP contribution in [0, 0.1) is 17.6 Å². The van der Waals surface area contributed by atoms with E-state index < -0.39 is 65.1 Å². The van der Waals surface area contributed by atoms with E-state index in [1.54, 1.807) is 44.2 Å². The maximum Gasteiger partial charge on any atom is 0.289 e. The Kier molecular flexibility index (Phi) is 11.7. The summed E-state index contributed by atoms with van der Waals surface area (Å²) in [5, 5.41) is 10.4. The monoisotopic (exact) mass is 584 g/mol. The molecule has 226 valence electrons. The molecule has 0 heterocycles. The van der Waals surface area contributed by atoms with Gasteiger partial charge >= 0.3 is 0 Å². The minimum Gasteiger partial charge on any atom is -0.347 e. The Balaban J connectivity index is 1.68. The molecule has 11 heteroatoms. The van der Waals surface area contributed by atoms with Gasteiger partial charge in [0, 0.05) is 18.0 Å². The summed E-state index contributed by atoms with van der Waals surface area (Å²) in [6, 6.07) is 7.65. The molecule has 1 saturated carbocycles. The smallest absolute Gasteiger partial charge is 0.289 e. The predicted molar refractivity (Wildman–Crippen MR) is 152 cm³/mol. The molecular weight excluding hydrogens is 546 g/mol. The average Bonchev–Trinajstić information content (AvgIpc) is 2.97. The van der Waals surface area contributed by atoms with Crippen LogP contribution in [0.15, 0.2) is 48.5 Å². The van der Waals surface area contributed by atoms with E-state index in [9.17, 15) is 32.8 Å². The Morgan fingerprint density at radius 1 is 0.810 bits per heavy atom. The van der Waals surface area contributed by atoms with Gasteiger partial charge in [-0.15, -0.1) is 0 Å². The minimum atomic E-state index is -1.25. The third-order valence-electron chi connectivity index (χ3n) is 7.24. The van der Waals surface area contributed by atoms with Crippen molar-refractivity contribution in [2.45, 2.75) is 83.5 Å². The van der Waals surface area contributed by atoms with Crippen LogP contribution in [0.3, 0.4) is 0 Å². The molecule has 1 aliphatic rings. The molecule has 1 aliphatic carbocycles. The van der Waals surface area contributed by atoms with Gasteiger partial charge in [0.2, 0.25) is 17.6 Å². The van der Waals surface area contributed by atoms with Crippen molar-refractivity contribution in [3.05, 3.63) is 71.3 Å². The van der Waals surface area contributed by atoms with Gasteiger partial charge in [0.1, 0.15) is 12.1 Å². The molecule has 2 aromatic rings. The summed E-state index contributed by atoms with van der Waals surface area (Å²) in [5.41, 5.74) is 0.519. The zero-order chi connectivity index (χ0) is 30.8. The van der Waals surface area contributed by atoms with Crippen LogP contribution in [-0.4, -0.2) is 53.6 Å². The number of hydrogen-bond donors (Lipinski definition) is 4. The first-order chi connectivity index (χ1) is 20.0. The summed E-state index contributed by atoms with van der Waals surface area (Å²) in [7, 11) is 0. The normalized spacial score (nSPS) is 15.7. The molecule has 3 atom stereocenters. The van der Waals surface area contributed by atoms with E-state index in [-0.39, 0.29) is 23.6 Å². The lowest BCUT2D eigenvalue weighted by molar-refractivity contribution is -0.141. The van der Waals surface area contributed by atoms with Crippen molar-refractivity contribution in [3.8, 4) is 0 Å². The first kappa shape index (κ1) is 32.4. The number of nitrogens with one attached hydrogen (secondary N) is 4. The molecule has 0 bridgehead atoms. The highest BCUT2D eigenvalue weighted by Gasteiger charge is 2.33. The highest BCUT2D eigenvalue weighted by molar-refractivity contribution is 6.38. The average molecular weight is 585 g/mol. The summed E-state index contributed by atoms with van der Waals surface area (Å²) in [5.74, 6) is -6.14. The summed E-state index contributed by atoms with van der Waals surface area (Å²) in [6.07, 6.45) is 4.45. The molecule has 0 saturated heterocycles. The Morgan fingerprint density at radius 3 is 2.10 bits per heavy atom. The van der Waals surface area contributed by atoms with E-state index in [1.807, 2.05) is 0 Å². The van der Waals surface area contributed by atoms with E-state index in [4.69, 9.17) is 0 Å². The molecule has 4 N–H and O–H groups in total. The van der Waals surface area contributed by atoms with Gasteiger partial charge in [-0.2, -0.15) is 0 Å². The summed E-state index contributed by atoms with van der Waals surface area (Å²) >= 11 is 0.